The molecule has 0 radical (unpaired) electrons. The molecule has 0 saturated carbocycles. The Bertz CT molecular complexity index is 296. The molecule has 0 aliphatic carbocycles. The second-order valence-corrected chi connectivity index (χ2v) is 3.18. The van der Waals surface area contributed by atoms with Crippen molar-refractivity contribution < 1.29 is 0 Å². The van der Waals surface area contributed by atoms with Gasteiger partial charge in [-0.05, 0) is 16.8 Å². The lowest BCUT2D eigenvalue weighted by Gasteiger charge is -2.04. The summed E-state index contributed by atoms with van der Waals surface area (Å²) in [5.74, 6) is 1.22. The van der Waals surface area contributed by atoms with Crippen LogP contribution in [-0.4, -0.2) is 20.2 Å². The van der Waals surface area contributed by atoms with Crippen molar-refractivity contribution in [3.05, 3.63) is 5.82 Å². The van der Waals surface area contributed by atoms with Gasteiger partial charge in [0.1, 0.15) is 0 Å². The molecule has 0 saturated heterocycles. The molecular weight excluding hydrogens is 166 g/mol. The Labute approximate surface area is 77.4 Å². The maximum absolute atomic E-state index is 8.36. The molecule has 0 spiro atoms. The van der Waals surface area contributed by atoms with Gasteiger partial charge in [-0.15, -0.1) is 5.10 Å². The van der Waals surface area contributed by atoms with Crippen LogP contribution in [0.5, 0.6) is 0 Å². The van der Waals surface area contributed by atoms with Gasteiger partial charge in [-0.3, -0.25) is 0 Å². The van der Waals surface area contributed by atoms with Crippen LogP contribution >= 0.6 is 0 Å². The van der Waals surface area contributed by atoms with Crippen LogP contribution in [0.3, 0.4) is 0 Å². The van der Waals surface area contributed by atoms with Crippen molar-refractivity contribution in [3.63, 3.8) is 0 Å². The zero-order valence-corrected chi connectivity index (χ0v) is 7.93. The predicted octanol–water partition coefficient (Wildman–Crippen LogP) is 1.10. The first kappa shape index (κ1) is 9.65. The third-order valence-corrected chi connectivity index (χ3v) is 1.73. The quantitative estimate of drug-likeness (QED) is 0.649. The number of nitriles is 1. The van der Waals surface area contributed by atoms with Gasteiger partial charge in [0.25, 0.3) is 0 Å². The van der Waals surface area contributed by atoms with Crippen LogP contribution in [0.25, 0.3) is 0 Å². The summed E-state index contributed by atoms with van der Waals surface area (Å²) in [6.07, 6.45) is 1.36. The molecule has 0 unspecified atom stereocenters. The summed E-state index contributed by atoms with van der Waals surface area (Å²) in [5.41, 5.74) is 0. The van der Waals surface area contributed by atoms with Crippen molar-refractivity contribution in [2.75, 3.05) is 0 Å². The van der Waals surface area contributed by atoms with Crippen molar-refractivity contribution in [2.45, 2.75) is 39.2 Å². The summed E-state index contributed by atoms with van der Waals surface area (Å²) in [6, 6.07) is 2.10. The Morgan fingerprint density at radius 1 is 1.54 bits per heavy atom. The summed E-state index contributed by atoms with van der Waals surface area (Å²) >= 11 is 0. The minimum absolute atomic E-state index is 0.331. The zero-order chi connectivity index (χ0) is 9.68. The minimum atomic E-state index is 0.331. The van der Waals surface area contributed by atoms with E-state index in [9.17, 15) is 0 Å². The second kappa shape index (κ2) is 4.55. The van der Waals surface area contributed by atoms with Crippen LogP contribution in [-0.2, 0) is 6.54 Å². The highest BCUT2D eigenvalue weighted by Gasteiger charge is 2.08. The summed E-state index contributed by atoms with van der Waals surface area (Å²) in [4.78, 5) is 0. The number of hydrogen-bond donors (Lipinski definition) is 0. The van der Waals surface area contributed by atoms with E-state index in [4.69, 9.17) is 5.26 Å². The highest BCUT2D eigenvalue weighted by molar-refractivity contribution is 4.88. The van der Waals surface area contributed by atoms with Crippen LogP contribution in [0.2, 0.25) is 0 Å². The van der Waals surface area contributed by atoms with E-state index in [2.05, 4.69) is 21.6 Å². The number of tetrazole rings is 1. The average Bonchev–Trinajstić information content (AvgIpc) is 2.53. The Morgan fingerprint density at radius 3 is 2.92 bits per heavy atom. The molecule has 0 amide bonds. The van der Waals surface area contributed by atoms with Crippen LogP contribution in [0.1, 0.15) is 38.4 Å². The molecule has 5 nitrogen and oxygen atoms in total. The number of aromatic nitrogens is 4. The first-order valence-corrected chi connectivity index (χ1v) is 4.38. The third kappa shape index (κ3) is 2.51. The topological polar surface area (TPSA) is 67.4 Å². The van der Waals surface area contributed by atoms with Crippen molar-refractivity contribution in [2.24, 2.45) is 0 Å². The number of nitrogens with zero attached hydrogens (tertiary/aromatic N) is 5. The molecule has 0 fully saturated rings. The summed E-state index contributed by atoms with van der Waals surface area (Å²) in [6.45, 7) is 4.83. The molecular formula is C8H13N5. The summed E-state index contributed by atoms with van der Waals surface area (Å²) < 4.78 is 1.77. The maximum Gasteiger partial charge on any atom is 0.153 e. The highest BCUT2D eigenvalue weighted by atomic mass is 15.5. The van der Waals surface area contributed by atoms with Gasteiger partial charge in [-0.2, -0.15) is 5.26 Å². The summed E-state index contributed by atoms with van der Waals surface area (Å²) in [7, 11) is 0. The Morgan fingerprint density at radius 2 is 2.31 bits per heavy atom. The molecule has 1 aromatic heterocycles. The molecule has 5 heteroatoms. The molecule has 0 bridgehead atoms. The second-order valence-electron chi connectivity index (χ2n) is 3.18. The Hall–Kier alpha value is -1.44. The number of rotatable bonds is 4. The van der Waals surface area contributed by atoms with Gasteiger partial charge in [0, 0.05) is 18.9 Å². The fourth-order valence-electron chi connectivity index (χ4n) is 1.09. The largest absolute Gasteiger partial charge is 0.229 e. The standard InChI is InChI=1S/C8H13N5/c1-7(2)8-10-11-12-13(8)6-4-3-5-9/h7H,3-4,6H2,1-2H3. The van der Waals surface area contributed by atoms with Crippen molar-refractivity contribution in [1.29, 1.82) is 5.26 Å². The van der Waals surface area contributed by atoms with E-state index in [0.717, 1.165) is 18.8 Å². The molecule has 1 rings (SSSR count). The van der Waals surface area contributed by atoms with E-state index in [1.54, 1.807) is 4.68 Å². The monoisotopic (exact) mass is 179 g/mol. The SMILES string of the molecule is CC(C)c1nnnn1CCCC#N. The smallest absolute Gasteiger partial charge is 0.153 e. The molecule has 1 aromatic rings. The molecule has 0 aliphatic rings. The van der Waals surface area contributed by atoms with Gasteiger partial charge in [-0.25, -0.2) is 4.68 Å². The normalized spacial score (nSPS) is 10.3. The number of aryl methyl sites for hydroxylation is 1. The van der Waals surface area contributed by atoms with Gasteiger partial charge in [0.05, 0.1) is 6.07 Å². The highest BCUT2D eigenvalue weighted by Crippen LogP contribution is 2.09. The zero-order valence-electron chi connectivity index (χ0n) is 7.93. The van der Waals surface area contributed by atoms with E-state index in [-0.39, 0.29) is 0 Å². The molecule has 1 heterocycles. The Balaban J connectivity index is 2.56. The van der Waals surface area contributed by atoms with Crippen LogP contribution in [0, 0.1) is 11.3 Å². The van der Waals surface area contributed by atoms with Crippen LogP contribution in [0.15, 0.2) is 0 Å². The Kier molecular flexibility index (Phi) is 3.38. The molecule has 70 valence electrons. The van der Waals surface area contributed by atoms with Crippen molar-refractivity contribution >= 4 is 0 Å². The number of unbranched alkanes of at least 4 members (excludes halogenated alkanes) is 1. The van der Waals surface area contributed by atoms with Gasteiger partial charge < -0.3 is 0 Å². The first-order chi connectivity index (χ1) is 6.25. The molecule has 13 heavy (non-hydrogen) atoms. The lowest BCUT2D eigenvalue weighted by molar-refractivity contribution is 0.530. The van der Waals surface area contributed by atoms with Gasteiger partial charge in [0.15, 0.2) is 5.82 Å². The maximum atomic E-state index is 8.36. The van der Waals surface area contributed by atoms with E-state index < -0.39 is 0 Å². The predicted molar refractivity (Wildman–Crippen MR) is 46.8 cm³/mol. The van der Waals surface area contributed by atoms with Gasteiger partial charge in [0.2, 0.25) is 0 Å². The lowest BCUT2D eigenvalue weighted by Crippen LogP contribution is -2.07. The first-order valence-electron chi connectivity index (χ1n) is 4.38. The fraction of sp³-hybridized carbons (Fsp3) is 0.750. The number of hydrogen-bond acceptors (Lipinski definition) is 4. The van der Waals surface area contributed by atoms with E-state index in [1.165, 1.54) is 0 Å². The van der Waals surface area contributed by atoms with Gasteiger partial charge >= 0.3 is 0 Å². The van der Waals surface area contributed by atoms with Crippen molar-refractivity contribution in [3.8, 4) is 6.07 Å². The lowest BCUT2D eigenvalue weighted by atomic mass is 10.2. The molecule has 0 aromatic carbocycles. The van der Waals surface area contributed by atoms with Crippen LogP contribution in [0.4, 0.5) is 0 Å². The molecule has 0 atom stereocenters. The van der Waals surface area contributed by atoms with Crippen LogP contribution < -0.4 is 0 Å². The van der Waals surface area contributed by atoms with Crippen molar-refractivity contribution in [1.82, 2.24) is 20.2 Å². The average molecular weight is 179 g/mol. The third-order valence-electron chi connectivity index (χ3n) is 1.73. The summed E-state index contributed by atoms with van der Waals surface area (Å²) in [5, 5.41) is 19.7. The molecule has 0 aliphatic heterocycles. The fourth-order valence-corrected chi connectivity index (χ4v) is 1.09. The van der Waals surface area contributed by atoms with E-state index >= 15 is 0 Å². The van der Waals surface area contributed by atoms with Gasteiger partial charge in [-0.1, -0.05) is 13.8 Å². The molecule has 0 N–H and O–H groups in total. The van der Waals surface area contributed by atoms with E-state index in [1.807, 2.05) is 13.8 Å². The van der Waals surface area contributed by atoms with E-state index in [0.29, 0.717) is 12.3 Å². The minimum Gasteiger partial charge on any atom is -0.229 e.